The van der Waals surface area contributed by atoms with Crippen LogP contribution in [0.2, 0.25) is 0 Å². The van der Waals surface area contributed by atoms with Crippen molar-refractivity contribution in [3.63, 3.8) is 0 Å². The number of benzene rings is 1. The second-order valence-electron chi connectivity index (χ2n) is 9.12. The van der Waals surface area contributed by atoms with Gasteiger partial charge in [-0.25, -0.2) is 14.8 Å². The van der Waals surface area contributed by atoms with E-state index in [0.717, 1.165) is 35.9 Å². The van der Waals surface area contributed by atoms with E-state index in [1.54, 1.807) is 11.8 Å². The first-order valence-electron chi connectivity index (χ1n) is 11.3. The lowest BCUT2D eigenvalue weighted by atomic mass is 10.1. The summed E-state index contributed by atoms with van der Waals surface area (Å²) in [7, 11) is 0. The van der Waals surface area contributed by atoms with Gasteiger partial charge in [0.1, 0.15) is 5.82 Å². The highest BCUT2D eigenvalue weighted by molar-refractivity contribution is 7.99. The highest BCUT2D eigenvalue weighted by atomic mass is 32.2. The zero-order valence-corrected chi connectivity index (χ0v) is 20.2. The van der Waals surface area contributed by atoms with Crippen LogP contribution in [-0.4, -0.2) is 54.6 Å². The van der Waals surface area contributed by atoms with Crippen molar-refractivity contribution < 1.29 is 9.53 Å². The van der Waals surface area contributed by atoms with Crippen molar-refractivity contribution in [3.8, 4) is 11.4 Å². The summed E-state index contributed by atoms with van der Waals surface area (Å²) in [6.07, 6.45) is 4.53. The molecule has 1 atom stereocenters. The van der Waals surface area contributed by atoms with E-state index in [1.807, 2.05) is 24.3 Å². The average Bonchev–Trinajstić information content (AvgIpc) is 3.63. The van der Waals surface area contributed by atoms with Crippen molar-refractivity contribution in [3.05, 3.63) is 36.0 Å². The molecule has 0 radical (unpaired) electrons. The Labute approximate surface area is 194 Å². The number of amides is 2. The summed E-state index contributed by atoms with van der Waals surface area (Å²) < 4.78 is 5.48. The lowest BCUT2D eigenvalue weighted by Crippen LogP contribution is -2.44. The first kappa shape index (κ1) is 22.9. The van der Waals surface area contributed by atoms with Crippen LogP contribution in [0.15, 0.2) is 30.3 Å². The molecule has 4 rings (SSSR count). The molecule has 1 saturated carbocycles. The van der Waals surface area contributed by atoms with E-state index in [9.17, 15) is 4.79 Å². The number of carbonyl (C=O) groups is 1. The van der Waals surface area contributed by atoms with Crippen molar-refractivity contribution in [2.75, 3.05) is 42.8 Å². The van der Waals surface area contributed by atoms with Gasteiger partial charge >= 0.3 is 6.03 Å². The smallest absolute Gasteiger partial charge is 0.319 e. The molecule has 1 aromatic heterocycles. The first-order chi connectivity index (χ1) is 15.4. The van der Waals surface area contributed by atoms with Crippen molar-refractivity contribution in [2.24, 2.45) is 5.92 Å². The fraction of sp³-hybridized carbons (Fsp3) is 0.542. The van der Waals surface area contributed by atoms with E-state index in [1.165, 1.54) is 12.8 Å². The van der Waals surface area contributed by atoms with Gasteiger partial charge < -0.3 is 20.3 Å². The van der Waals surface area contributed by atoms with Crippen molar-refractivity contribution >= 4 is 29.3 Å². The Morgan fingerprint density at radius 1 is 1.25 bits per heavy atom. The maximum Gasteiger partial charge on any atom is 0.319 e. The van der Waals surface area contributed by atoms with E-state index in [4.69, 9.17) is 14.7 Å². The quantitative estimate of drug-likeness (QED) is 0.640. The average molecular weight is 456 g/mol. The molecule has 2 amide bonds. The normalized spacial score (nSPS) is 19.0. The number of urea groups is 1. The molecule has 1 aliphatic heterocycles. The van der Waals surface area contributed by atoms with Crippen LogP contribution in [0, 0.1) is 5.92 Å². The predicted molar refractivity (Wildman–Crippen MR) is 131 cm³/mol. The standard InChI is InChI=1S/C24H33N5O2S/c1-16-15-31-12-11-29(16)21-13-20(24(2,3)32-4)27-22(28-21)18-7-9-19(10-8-18)26-23(30)25-14-17-5-6-17/h7-10,13,16-17H,5-6,11-12,14-15H2,1-4H3,(H2,25,26,30)/t16-/m0/s1. The first-order valence-corrected chi connectivity index (χ1v) is 12.5. The van der Waals surface area contributed by atoms with E-state index < -0.39 is 0 Å². The lowest BCUT2D eigenvalue weighted by Gasteiger charge is -2.35. The van der Waals surface area contributed by atoms with Gasteiger partial charge in [0.05, 0.1) is 29.7 Å². The number of nitrogens with zero attached hydrogens (tertiary/aromatic N) is 3. The van der Waals surface area contributed by atoms with E-state index >= 15 is 0 Å². The zero-order valence-electron chi connectivity index (χ0n) is 19.4. The number of morpholine rings is 1. The molecule has 0 unspecified atom stereocenters. The van der Waals surface area contributed by atoms with Crippen LogP contribution in [0.25, 0.3) is 11.4 Å². The summed E-state index contributed by atoms with van der Waals surface area (Å²) >= 11 is 1.77. The fourth-order valence-corrected chi connectivity index (χ4v) is 3.94. The Morgan fingerprint density at radius 3 is 2.66 bits per heavy atom. The summed E-state index contributed by atoms with van der Waals surface area (Å²) in [5.41, 5.74) is 2.69. The third-order valence-corrected chi connectivity index (χ3v) is 7.38. The third-order valence-electron chi connectivity index (χ3n) is 6.15. The molecule has 2 heterocycles. The molecule has 0 spiro atoms. The molecule has 172 valence electrons. The molecule has 1 aliphatic carbocycles. The Morgan fingerprint density at radius 2 is 2.00 bits per heavy atom. The SMILES string of the molecule is CSC(C)(C)c1cc(N2CCOC[C@@H]2C)nc(-c2ccc(NC(=O)NCC3CC3)cc2)n1. The molecule has 32 heavy (non-hydrogen) atoms. The van der Waals surface area contributed by atoms with Crippen molar-refractivity contribution in [1.29, 1.82) is 0 Å². The number of thioether (sulfide) groups is 1. The maximum absolute atomic E-state index is 12.1. The van der Waals surface area contributed by atoms with Crippen LogP contribution in [0.5, 0.6) is 0 Å². The van der Waals surface area contributed by atoms with E-state index in [0.29, 0.717) is 25.0 Å². The molecule has 8 heteroatoms. The highest BCUT2D eigenvalue weighted by Crippen LogP contribution is 2.35. The number of aromatic nitrogens is 2. The zero-order chi connectivity index (χ0) is 22.7. The molecule has 0 bridgehead atoms. The second kappa shape index (κ2) is 9.67. The molecule has 7 nitrogen and oxygen atoms in total. The van der Waals surface area contributed by atoms with E-state index in [-0.39, 0.29) is 16.8 Å². The van der Waals surface area contributed by atoms with Gasteiger partial charge in [-0.15, -0.1) is 0 Å². The topological polar surface area (TPSA) is 79.4 Å². The van der Waals surface area contributed by atoms with E-state index in [2.05, 4.69) is 48.6 Å². The second-order valence-corrected chi connectivity index (χ2v) is 10.6. The Kier molecular flexibility index (Phi) is 6.90. The number of carbonyl (C=O) groups excluding carboxylic acids is 1. The number of rotatable bonds is 7. The van der Waals surface area contributed by atoms with Gasteiger partial charge in [-0.05, 0) is 70.1 Å². The Bertz CT molecular complexity index is 946. The molecule has 2 N–H and O–H groups in total. The Balaban J connectivity index is 1.57. The Hall–Kier alpha value is -2.32. The third kappa shape index (κ3) is 5.53. The van der Waals surface area contributed by atoms with Gasteiger partial charge in [-0.2, -0.15) is 11.8 Å². The summed E-state index contributed by atoms with van der Waals surface area (Å²) in [4.78, 5) is 24.2. The maximum atomic E-state index is 12.1. The summed E-state index contributed by atoms with van der Waals surface area (Å²) in [6.45, 7) is 9.49. The van der Waals surface area contributed by atoms with Crippen LogP contribution in [0.3, 0.4) is 0 Å². The van der Waals surface area contributed by atoms with Crippen molar-refractivity contribution in [2.45, 2.75) is 44.4 Å². The fourth-order valence-electron chi connectivity index (χ4n) is 3.63. The minimum absolute atomic E-state index is 0.136. The van der Waals surface area contributed by atoms with Gasteiger partial charge in [0.25, 0.3) is 0 Å². The number of anilines is 2. The molecule has 2 fully saturated rings. The highest BCUT2D eigenvalue weighted by Gasteiger charge is 2.27. The summed E-state index contributed by atoms with van der Waals surface area (Å²) in [5.74, 6) is 2.29. The van der Waals surface area contributed by atoms with Crippen LogP contribution < -0.4 is 15.5 Å². The van der Waals surface area contributed by atoms with Gasteiger partial charge in [0.2, 0.25) is 0 Å². The molecular weight excluding hydrogens is 422 g/mol. The summed E-state index contributed by atoms with van der Waals surface area (Å²) in [5, 5.41) is 5.83. The minimum atomic E-state index is -0.159. The molecule has 1 aromatic carbocycles. The molecule has 1 saturated heterocycles. The summed E-state index contributed by atoms with van der Waals surface area (Å²) in [6, 6.07) is 9.95. The van der Waals surface area contributed by atoms with Gasteiger partial charge in [-0.3, -0.25) is 0 Å². The molecular formula is C24H33N5O2S. The van der Waals surface area contributed by atoms with Gasteiger partial charge in [0, 0.05) is 30.4 Å². The number of nitrogens with one attached hydrogen (secondary N) is 2. The number of hydrogen-bond donors (Lipinski definition) is 2. The molecule has 2 aromatic rings. The number of hydrogen-bond acceptors (Lipinski definition) is 6. The van der Waals surface area contributed by atoms with Gasteiger partial charge in [-0.1, -0.05) is 0 Å². The van der Waals surface area contributed by atoms with Crippen LogP contribution in [0.1, 0.15) is 39.3 Å². The number of ether oxygens (including phenoxy) is 1. The van der Waals surface area contributed by atoms with Gasteiger partial charge in [0.15, 0.2) is 5.82 Å². The lowest BCUT2D eigenvalue weighted by molar-refractivity contribution is 0.0985. The minimum Gasteiger partial charge on any atom is -0.377 e. The van der Waals surface area contributed by atoms with Crippen LogP contribution >= 0.6 is 11.8 Å². The van der Waals surface area contributed by atoms with Crippen LogP contribution in [0.4, 0.5) is 16.3 Å². The van der Waals surface area contributed by atoms with Crippen LogP contribution in [-0.2, 0) is 9.48 Å². The largest absolute Gasteiger partial charge is 0.377 e. The molecule has 2 aliphatic rings. The van der Waals surface area contributed by atoms with Crippen molar-refractivity contribution in [1.82, 2.24) is 15.3 Å². The monoisotopic (exact) mass is 455 g/mol. The predicted octanol–water partition coefficient (Wildman–Crippen LogP) is 4.50.